The fraction of sp³-hybridized carbons (Fsp3) is 0.391. The van der Waals surface area contributed by atoms with Crippen LogP contribution in [0.3, 0.4) is 0 Å². The molecule has 0 saturated carbocycles. The maximum Gasteiger partial charge on any atom is 0.325 e. The summed E-state index contributed by atoms with van der Waals surface area (Å²) in [6, 6.07) is 17.0. The SMILES string of the molecule is COC(=O)CN(C(=O)Cc1cccc(Br)c1)[C@H](CN1CC[C@H](O)C1)c1ccccc1. The molecule has 1 fully saturated rings. The summed E-state index contributed by atoms with van der Waals surface area (Å²) in [4.78, 5) is 29.3. The Morgan fingerprint density at radius 2 is 2.00 bits per heavy atom. The quantitative estimate of drug-likeness (QED) is 0.595. The first-order chi connectivity index (χ1) is 14.5. The molecule has 7 heteroatoms. The zero-order valence-corrected chi connectivity index (χ0v) is 18.6. The van der Waals surface area contributed by atoms with Crippen molar-refractivity contribution in [2.24, 2.45) is 0 Å². The number of aliphatic hydroxyl groups is 1. The molecule has 1 amide bonds. The summed E-state index contributed by atoms with van der Waals surface area (Å²) in [5.74, 6) is -0.605. The zero-order chi connectivity index (χ0) is 21.5. The molecule has 30 heavy (non-hydrogen) atoms. The van der Waals surface area contributed by atoms with Crippen molar-refractivity contribution in [1.82, 2.24) is 9.80 Å². The molecule has 1 N–H and O–H groups in total. The van der Waals surface area contributed by atoms with E-state index in [-0.39, 0.29) is 31.0 Å². The number of aliphatic hydroxyl groups excluding tert-OH is 1. The average molecular weight is 475 g/mol. The Balaban J connectivity index is 1.89. The van der Waals surface area contributed by atoms with Gasteiger partial charge in [-0.25, -0.2) is 0 Å². The highest BCUT2D eigenvalue weighted by Crippen LogP contribution is 2.25. The van der Waals surface area contributed by atoms with Gasteiger partial charge in [-0.3, -0.25) is 14.5 Å². The molecule has 0 spiro atoms. The van der Waals surface area contributed by atoms with Crippen LogP contribution in [0.25, 0.3) is 0 Å². The van der Waals surface area contributed by atoms with E-state index in [0.29, 0.717) is 19.5 Å². The standard InChI is InChI=1S/C23H27BrN2O4/c1-30-23(29)16-26(22(28)13-17-6-5-9-19(24)12-17)21(18-7-3-2-4-8-18)15-25-11-10-20(27)14-25/h2-9,12,20-21,27H,10-11,13-16H2,1H3/t20-,21+/m0/s1. The number of ether oxygens (including phenoxy) is 1. The molecule has 2 aromatic rings. The van der Waals surface area contributed by atoms with Crippen LogP contribution in [-0.2, 0) is 20.7 Å². The van der Waals surface area contributed by atoms with E-state index < -0.39 is 5.97 Å². The number of carbonyl (C=O) groups is 2. The predicted molar refractivity (Wildman–Crippen MR) is 118 cm³/mol. The number of amides is 1. The lowest BCUT2D eigenvalue weighted by Gasteiger charge is -2.34. The summed E-state index contributed by atoms with van der Waals surface area (Å²) in [7, 11) is 1.33. The lowest BCUT2D eigenvalue weighted by Crippen LogP contribution is -2.44. The second-order valence-electron chi connectivity index (χ2n) is 7.53. The van der Waals surface area contributed by atoms with Gasteiger partial charge in [-0.15, -0.1) is 0 Å². The van der Waals surface area contributed by atoms with Crippen molar-refractivity contribution >= 4 is 27.8 Å². The molecule has 6 nitrogen and oxygen atoms in total. The van der Waals surface area contributed by atoms with Crippen LogP contribution in [0.15, 0.2) is 59.1 Å². The van der Waals surface area contributed by atoms with Crippen molar-refractivity contribution in [3.05, 3.63) is 70.2 Å². The number of hydrogen-bond acceptors (Lipinski definition) is 5. The molecule has 0 aromatic heterocycles. The van der Waals surface area contributed by atoms with Crippen molar-refractivity contribution in [3.63, 3.8) is 0 Å². The monoisotopic (exact) mass is 474 g/mol. The van der Waals surface area contributed by atoms with E-state index in [0.717, 1.165) is 22.1 Å². The summed E-state index contributed by atoms with van der Waals surface area (Å²) in [5, 5.41) is 9.93. The lowest BCUT2D eigenvalue weighted by atomic mass is 10.0. The van der Waals surface area contributed by atoms with Gasteiger partial charge in [0.2, 0.25) is 5.91 Å². The summed E-state index contributed by atoms with van der Waals surface area (Å²) in [6.07, 6.45) is 0.542. The molecule has 1 aliphatic rings. The average Bonchev–Trinajstić information content (AvgIpc) is 3.15. The molecule has 3 rings (SSSR count). The van der Waals surface area contributed by atoms with Crippen LogP contribution >= 0.6 is 15.9 Å². The minimum Gasteiger partial charge on any atom is -0.468 e. The second kappa shape index (κ2) is 10.7. The molecular weight excluding hydrogens is 448 g/mol. The summed E-state index contributed by atoms with van der Waals surface area (Å²) < 4.78 is 5.78. The van der Waals surface area contributed by atoms with Gasteiger partial charge in [0.25, 0.3) is 0 Å². The Morgan fingerprint density at radius 1 is 1.23 bits per heavy atom. The predicted octanol–water partition coefficient (Wildman–Crippen LogP) is 2.80. The molecule has 0 bridgehead atoms. The van der Waals surface area contributed by atoms with Crippen LogP contribution < -0.4 is 0 Å². The molecule has 2 aromatic carbocycles. The van der Waals surface area contributed by atoms with E-state index >= 15 is 0 Å². The van der Waals surface area contributed by atoms with Gasteiger partial charge in [-0.05, 0) is 29.7 Å². The third-order valence-electron chi connectivity index (χ3n) is 5.33. The van der Waals surface area contributed by atoms with E-state index in [4.69, 9.17) is 4.74 Å². The van der Waals surface area contributed by atoms with Gasteiger partial charge in [-0.1, -0.05) is 58.4 Å². The van der Waals surface area contributed by atoms with E-state index in [9.17, 15) is 14.7 Å². The third-order valence-corrected chi connectivity index (χ3v) is 5.82. The fourth-order valence-electron chi connectivity index (χ4n) is 3.78. The highest BCUT2D eigenvalue weighted by Gasteiger charge is 2.31. The Labute approximate surface area is 185 Å². The highest BCUT2D eigenvalue weighted by molar-refractivity contribution is 9.10. The first-order valence-electron chi connectivity index (χ1n) is 10.0. The number of carbonyl (C=O) groups excluding carboxylic acids is 2. The zero-order valence-electron chi connectivity index (χ0n) is 17.0. The number of halogens is 1. The van der Waals surface area contributed by atoms with Crippen molar-refractivity contribution in [2.75, 3.05) is 33.3 Å². The summed E-state index contributed by atoms with van der Waals surface area (Å²) in [6.45, 7) is 1.74. The van der Waals surface area contributed by atoms with E-state index in [1.54, 1.807) is 4.90 Å². The summed E-state index contributed by atoms with van der Waals surface area (Å²) in [5.41, 5.74) is 1.82. The molecule has 2 atom stereocenters. The molecule has 0 unspecified atom stereocenters. The minimum absolute atomic E-state index is 0.126. The number of methoxy groups -OCH3 is 1. The van der Waals surface area contributed by atoms with Crippen LogP contribution in [0.1, 0.15) is 23.6 Å². The first kappa shape index (κ1) is 22.5. The van der Waals surface area contributed by atoms with Crippen molar-refractivity contribution < 1.29 is 19.4 Å². The van der Waals surface area contributed by atoms with Crippen molar-refractivity contribution in [2.45, 2.75) is 25.0 Å². The second-order valence-corrected chi connectivity index (χ2v) is 8.45. The highest BCUT2D eigenvalue weighted by atomic mass is 79.9. The van der Waals surface area contributed by atoms with E-state index in [1.165, 1.54) is 7.11 Å². The topological polar surface area (TPSA) is 70.1 Å². The first-order valence-corrected chi connectivity index (χ1v) is 10.8. The van der Waals surface area contributed by atoms with E-state index in [2.05, 4.69) is 20.8 Å². The lowest BCUT2D eigenvalue weighted by molar-refractivity contribution is -0.148. The molecule has 1 saturated heterocycles. The summed E-state index contributed by atoms with van der Waals surface area (Å²) >= 11 is 3.44. The van der Waals surface area contributed by atoms with Crippen LogP contribution in [0.2, 0.25) is 0 Å². The van der Waals surface area contributed by atoms with Crippen molar-refractivity contribution in [1.29, 1.82) is 0 Å². The van der Waals surface area contributed by atoms with Gasteiger partial charge in [0.15, 0.2) is 0 Å². The Bertz CT molecular complexity index is 861. The number of likely N-dealkylation sites (tertiary alicyclic amines) is 1. The van der Waals surface area contributed by atoms with Crippen LogP contribution in [-0.4, -0.2) is 66.2 Å². The number of hydrogen-bond donors (Lipinski definition) is 1. The molecular formula is C23H27BrN2O4. The van der Waals surface area contributed by atoms with Crippen molar-refractivity contribution in [3.8, 4) is 0 Å². The molecule has 160 valence electrons. The molecule has 0 aliphatic carbocycles. The van der Waals surface area contributed by atoms with Crippen LogP contribution in [0.4, 0.5) is 0 Å². The molecule has 1 heterocycles. The Hall–Kier alpha value is -2.22. The number of β-amino-alcohol motifs (C(OH)–C–C–N with tert-alkyl or cyclic N) is 1. The maximum atomic E-state index is 13.4. The van der Waals surface area contributed by atoms with Gasteiger partial charge in [-0.2, -0.15) is 0 Å². The third kappa shape index (κ3) is 6.14. The maximum absolute atomic E-state index is 13.4. The largest absolute Gasteiger partial charge is 0.468 e. The van der Waals surface area contributed by atoms with Crippen LogP contribution in [0.5, 0.6) is 0 Å². The smallest absolute Gasteiger partial charge is 0.325 e. The molecule has 0 radical (unpaired) electrons. The number of nitrogens with zero attached hydrogens (tertiary/aromatic N) is 2. The van der Waals surface area contributed by atoms with Gasteiger partial charge >= 0.3 is 5.97 Å². The number of rotatable bonds is 8. The van der Waals surface area contributed by atoms with Gasteiger partial charge in [0.05, 0.1) is 25.7 Å². The fourth-order valence-corrected chi connectivity index (χ4v) is 4.23. The number of benzene rings is 2. The molecule has 1 aliphatic heterocycles. The van der Waals surface area contributed by atoms with Gasteiger partial charge in [0, 0.05) is 24.1 Å². The van der Waals surface area contributed by atoms with Gasteiger partial charge in [0.1, 0.15) is 6.54 Å². The Morgan fingerprint density at radius 3 is 2.63 bits per heavy atom. The normalized spacial score (nSPS) is 17.5. The van der Waals surface area contributed by atoms with E-state index in [1.807, 2.05) is 54.6 Å². The van der Waals surface area contributed by atoms with Gasteiger partial charge < -0.3 is 14.7 Å². The van der Waals surface area contributed by atoms with Crippen LogP contribution in [0, 0.1) is 0 Å². The Kier molecular flexibility index (Phi) is 8.01. The number of esters is 1. The minimum atomic E-state index is -0.458.